The van der Waals surface area contributed by atoms with E-state index in [4.69, 9.17) is 4.74 Å². The number of nitrogens with one attached hydrogen (secondary N) is 2. The molecule has 2 fully saturated rings. The molecule has 254 valence electrons. The monoisotopic (exact) mass is 675 g/mol. The van der Waals surface area contributed by atoms with Crippen molar-refractivity contribution in [1.29, 1.82) is 0 Å². The van der Waals surface area contributed by atoms with Crippen molar-refractivity contribution < 1.29 is 36.2 Å². The second kappa shape index (κ2) is 14.1. The Morgan fingerprint density at radius 1 is 1.15 bits per heavy atom. The van der Waals surface area contributed by atoms with Crippen LogP contribution in [-0.4, -0.2) is 91.2 Å². The summed E-state index contributed by atoms with van der Waals surface area (Å²) >= 11 is 0. The number of nitrogens with zero attached hydrogens (tertiary/aromatic N) is 3. The molecule has 47 heavy (non-hydrogen) atoms. The summed E-state index contributed by atoms with van der Waals surface area (Å²) in [6.07, 6.45) is 1.71. The van der Waals surface area contributed by atoms with Crippen molar-refractivity contribution in [1.82, 2.24) is 19.8 Å². The number of hydrogen-bond donors (Lipinski definition) is 3. The Labute approximate surface area is 272 Å². The zero-order valence-electron chi connectivity index (χ0n) is 26.6. The van der Waals surface area contributed by atoms with Gasteiger partial charge in [0.1, 0.15) is 17.8 Å². The average molecular weight is 676 g/mol. The van der Waals surface area contributed by atoms with Gasteiger partial charge in [-0.2, -0.15) is 13.2 Å². The molecule has 2 aromatic carbocycles. The number of alkyl halides is 3. The number of sulfone groups is 1. The zero-order valence-corrected chi connectivity index (χ0v) is 27.4. The first-order valence-corrected chi connectivity index (χ1v) is 17.5. The highest BCUT2D eigenvalue weighted by Gasteiger charge is 2.34. The van der Waals surface area contributed by atoms with E-state index in [1.165, 1.54) is 25.3 Å². The molecule has 0 radical (unpaired) electrons. The summed E-state index contributed by atoms with van der Waals surface area (Å²) in [5.74, 6) is 5.90. The predicted molar refractivity (Wildman–Crippen MR) is 172 cm³/mol. The van der Waals surface area contributed by atoms with Crippen LogP contribution in [0, 0.1) is 17.8 Å². The number of likely N-dealkylation sites (tertiary alicyclic amines) is 1. The van der Waals surface area contributed by atoms with E-state index < -0.39 is 28.5 Å². The van der Waals surface area contributed by atoms with Gasteiger partial charge in [-0.05, 0) is 62.3 Å². The molecule has 10 nitrogen and oxygen atoms in total. The highest BCUT2D eigenvalue weighted by atomic mass is 32.2. The first kappa shape index (κ1) is 34.5. The van der Waals surface area contributed by atoms with Crippen LogP contribution in [0.2, 0.25) is 0 Å². The lowest BCUT2D eigenvalue weighted by Crippen LogP contribution is -2.53. The first-order valence-electron chi connectivity index (χ1n) is 15.6. The molecule has 1 amide bonds. The van der Waals surface area contributed by atoms with Crippen LogP contribution >= 0.6 is 0 Å². The molecule has 0 spiro atoms. The summed E-state index contributed by atoms with van der Waals surface area (Å²) in [4.78, 5) is 20.4. The third-order valence-electron chi connectivity index (χ3n) is 8.96. The summed E-state index contributed by atoms with van der Waals surface area (Å²) < 4.78 is 70.2. The van der Waals surface area contributed by atoms with Crippen LogP contribution < -0.4 is 15.4 Å². The van der Waals surface area contributed by atoms with Gasteiger partial charge in [-0.15, -0.1) is 0 Å². The number of hydrogen-bond acceptors (Lipinski definition) is 8. The fourth-order valence-electron chi connectivity index (χ4n) is 6.46. The van der Waals surface area contributed by atoms with Crippen molar-refractivity contribution in [2.24, 2.45) is 5.92 Å². The fourth-order valence-corrected chi connectivity index (χ4v) is 7.09. The molecule has 2 atom stereocenters. The van der Waals surface area contributed by atoms with Crippen LogP contribution in [0.4, 0.5) is 18.9 Å². The van der Waals surface area contributed by atoms with Gasteiger partial charge in [0, 0.05) is 43.1 Å². The Balaban J connectivity index is 1.34. The standard InChI is InChI=1S/C33H40F3N5O5S/c1-21-18-40(23-6-8-24(42)9-7-23)14-12-27(21)39-32(43)26-15-22(16-29-31(26)38-20-41(29)19-33(34,35)36)5-4-13-37-28-11-10-25(47(3,44)45)17-30(28)46-2/h10-11,15-17,20-21,23-24,27,37,42H,6-9,12-14,18-19H2,1-3H3,(H,39,43)/t21-,23?,24?,27-/m0/s1. The molecule has 5 rings (SSSR count). The molecule has 3 N–H and O–H groups in total. The Kier molecular flexibility index (Phi) is 10.4. The largest absolute Gasteiger partial charge is 0.495 e. The molecular formula is C33H40F3N5O5S. The number of ether oxygens (including phenoxy) is 1. The smallest absolute Gasteiger partial charge is 0.406 e. The van der Waals surface area contributed by atoms with E-state index in [0.29, 0.717) is 23.0 Å². The van der Waals surface area contributed by atoms with E-state index >= 15 is 0 Å². The Hall–Kier alpha value is -3.80. The third-order valence-corrected chi connectivity index (χ3v) is 10.1. The number of carbonyl (C=O) groups excluding carboxylic acids is 1. The number of aliphatic hydroxyl groups excluding tert-OH is 1. The average Bonchev–Trinajstić information content (AvgIpc) is 3.40. The lowest BCUT2D eigenvalue weighted by Gasteiger charge is -2.43. The van der Waals surface area contributed by atoms with Gasteiger partial charge < -0.3 is 25.0 Å². The van der Waals surface area contributed by atoms with Gasteiger partial charge in [0.2, 0.25) is 0 Å². The maximum absolute atomic E-state index is 13.7. The summed E-state index contributed by atoms with van der Waals surface area (Å²) in [6.45, 7) is 2.54. The van der Waals surface area contributed by atoms with Gasteiger partial charge in [-0.25, -0.2) is 13.4 Å². The number of benzene rings is 2. The lowest BCUT2D eigenvalue weighted by molar-refractivity contribution is -0.139. The molecule has 1 saturated carbocycles. The predicted octanol–water partition coefficient (Wildman–Crippen LogP) is 4.22. The van der Waals surface area contributed by atoms with Crippen molar-refractivity contribution in [3.8, 4) is 17.6 Å². The van der Waals surface area contributed by atoms with Crippen molar-refractivity contribution in [2.75, 3.05) is 38.3 Å². The molecule has 0 bridgehead atoms. The van der Waals surface area contributed by atoms with E-state index in [1.54, 1.807) is 12.1 Å². The molecule has 1 aliphatic heterocycles. The van der Waals surface area contributed by atoms with Crippen LogP contribution in [0.15, 0.2) is 41.6 Å². The molecule has 1 aromatic heterocycles. The van der Waals surface area contributed by atoms with Gasteiger partial charge >= 0.3 is 6.18 Å². The van der Waals surface area contributed by atoms with Crippen molar-refractivity contribution in [3.63, 3.8) is 0 Å². The van der Waals surface area contributed by atoms with Crippen LogP contribution in [0.3, 0.4) is 0 Å². The van der Waals surface area contributed by atoms with Crippen molar-refractivity contribution in [2.45, 2.75) is 74.8 Å². The molecule has 0 unspecified atom stereocenters. The molecule has 3 aromatic rings. The van der Waals surface area contributed by atoms with E-state index in [9.17, 15) is 31.5 Å². The van der Waals surface area contributed by atoms with Gasteiger partial charge in [0.25, 0.3) is 5.91 Å². The summed E-state index contributed by atoms with van der Waals surface area (Å²) in [7, 11) is -2.02. The Morgan fingerprint density at radius 2 is 1.89 bits per heavy atom. The maximum Gasteiger partial charge on any atom is 0.406 e. The number of rotatable bonds is 8. The minimum Gasteiger partial charge on any atom is -0.495 e. The summed E-state index contributed by atoms with van der Waals surface area (Å²) in [6, 6.07) is 7.74. The topological polar surface area (TPSA) is 126 Å². The zero-order chi connectivity index (χ0) is 33.9. The number of carbonyl (C=O) groups is 1. The maximum atomic E-state index is 13.7. The van der Waals surface area contributed by atoms with Crippen LogP contribution in [-0.2, 0) is 16.4 Å². The number of methoxy groups -OCH3 is 1. The molecule has 2 heterocycles. The number of halogens is 3. The summed E-state index contributed by atoms with van der Waals surface area (Å²) in [5, 5.41) is 16.0. The van der Waals surface area contributed by atoms with E-state index in [2.05, 4.69) is 39.3 Å². The number of amides is 1. The van der Waals surface area contributed by atoms with Crippen LogP contribution in [0.25, 0.3) is 11.0 Å². The number of anilines is 1. The second-order valence-electron chi connectivity index (χ2n) is 12.5. The number of piperidine rings is 1. The highest BCUT2D eigenvalue weighted by Crippen LogP contribution is 2.30. The Morgan fingerprint density at radius 3 is 2.55 bits per heavy atom. The van der Waals surface area contributed by atoms with E-state index in [1.807, 2.05) is 0 Å². The van der Waals surface area contributed by atoms with Crippen LogP contribution in [0.1, 0.15) is 54.9 Å². The summed E-state index contributed by atoms with van der Waals surface area (Å²) in [5.41, 5.74) is 1.31. The van der Waals surface area contributed by atoms with Gasteiger partial charge in [0.05, 0.1) is 47.7 Å². The molecule has 1 saturated heterocycles. The second-order valence-corrected chi connectivity index (χ2v) is 14.5. The number of fused-ring (bicyclic) bond motifs is 1. The number of aliphatic hydroxyl groups is 1. The SMILES string of the molecule is COc1cc(S(C)(=O)=O)ccc1NCC#Cc1cc(C(=O)N[C@H]2CCN(C3CCC(O)CC3)C[C@@H]2C)c2ncn(CC(F)(F)F)c2c1. The van der Waals surface area contributed by atoms with Gasteiger partial charge in [-0.3, -0.25) is 9.69 Å². The van der Waals surface area contributed by atoms with Crippen LogP contribution in [0.5, 0.6) is 5.75 Å². The quantitative estimate of drug-likeness (QED) is 0.304. The van der Waals surface area contributed by atoms with Crippen molar-refractivity contribution in [3.05, 3.63) is 47.8 Å². The first-order chi connectivity index (χ1) is 22.2. The number of aromatic nitrogens is 2. The highest BCUT2D eigenvalue weighted by molar-refractivity contribution is 7.90. The van der Waals surface area contributed by atoms with Gasteiger partial charge in [-0.1, -0.05) is 18.8 Å². The minimum atomic E-state index is -4.49. The Bertz CT molecular complexity index is 1770. The fraction of sp³-hybridized carbons (Fsp3) is 0.515. The molecule has 1 aliphatic carbocycles. The number of imidazole rings is 1. The van der Waals surface area contributed by atoms with E-state index in [-0.39, 0.29) is 46.1 Å². The molecule has 2 aliphatic rings. The minimum absolute atomic E-state index is 0.102. The normalized spacial score (nSPS) is 22.4. The molecular weight excluding hydrogens is 635 g/mol. The third kappa shape index (κ3) is 8.57. The van der Waals surface area contributed by atoms with Crippen molar-refractivity contribution >= 4 is 32.5 Å². The van der Waals surface area contributed by atoms with E-state index in [0.717, 1.165) is 62.3 Å². The molecule has 14 heteroatoms. The lowest BCUT2D eigenvalue weighted by atomic mass is 9.87. The van der Waals surface area contributed by atoms with Gasteiger partial charge in [0.15, 0.2) is 9.84 Å².